The summed E-state index contributed by atoms with van der Waals surface area (Å²) in [5, 5.41) is 15.4. The molecule has 5 nitrogen and oxygen atoms in total. The van der Waals surface area contributed by atoms with Crippen molar-refractivity contribution < 1.29 is 42.3 Å². The van der Waals surface area contributed by atoms with Crippen LogP contribution in [0.15, 0.2) is 113 Å². The Morgan fingerprint density at radius 3 is 2.40 bits per heavy atom. The van der Waals surface area contributed by atoms with E-state index in [0.29, 0.717) is 5.69 Å². The number of fused-ring (bicyclic) bond motifs is 3. The number of benzene rings is 4. The van der Waals surface area contributed by atoms with Gasteiger partial charge in [0.1, 0.15) is 11.3 Å². The fourth-order valence-corrected chi connectivity index (χ4v) is 5.32. The van der Waals surface area contributed by atoms with E-state index in [2.05, 4.69) is 90.7 Å². The average Bonchev–Trinajstić information content (AvgIpc) is 3.41. The van der Waals surface area contributed by atoms with E-state index in [9.17, 15) is 5.21 Å². The number of hydrogen-bond donors (Lipinski definition) is 2. The van der Waals surface area contributed by atoms with Crippen LogP contribution in [0.5, 0.6) is 0 Å². The van der Waals surface area contributed by atoms with E-state index in [-0.39, 0.29) is 32.7 Å². The maximum atomic E-state index is 9.98. The van der Waals surface area contributed by atoms with Crippen molar-refractivity contribution in [2.24, 2.45) is 4.99 Å². The summed E-state index contributed by atoms with van der Waals surface area (Å²) in [6.07, 6.45) is 9.20. The molecule has 0 saturated heterocycles. The zero-order valence-corrected chi connectivity index (χ0v) is 27.9. The van der Waals surface area contributed by atoms with Crippen LogP contribution in [0.3, 0.4) is 0 Å². The van der Waals surface area contributed by atoms with Gasteiger partial charge >= 0.3 is 0 Å². The number of furan rings is 1. The minimum absolute atomic E-state index is 0. The molecule has 5 aromatic rings. The summed E-state index contributed by atoms with van der Waals surface area (Å²) in [7, 11) is 3.46. The molecule has 0 bridgehead atoms. The zero-order valence-electron chi connectivity index (χ0n) is 25.0. The molecule has 0 amide bonds. The second kappa shape index (κ2) is 15.1. The number of nitrogens with zero attached hydrogens (tertiary/aromatic N) is 2. The van der Waals surface area contributed by atoms with E-state index in [1.54, 1.807) is 7.05 Å². The van der Waals surface area contributed by atoms with Crippen molar-refractivity contribution >= 4 is 40.8 Å². The van der Waals surface area contributed by atoms with Gasteiger partial charge in [0.25, 0.3) is 0 Å². The molecule has 0 atom stereocenters. The quantitative estimate of drug-likeness (QED) is 0.137. The first-order chi connectivity index (χ1) is 20.5. The van der Waals surface area contributed by atoms with Crippen LogP contribution in [0.25, 0.3) is 33.9 Å². The number of aryl methyl sites for hydroxylation is 2. The molecule has 1 radical (unpaired) electrons. The molecule has 0 spiro atoms. The van der Waals surface area contributed by atoms with Crippen molar-refractivity contribution in [1.29, 1.82) is 0 Å². The first-order valence-corrected chi connectivity index (χ1v) is 14.2. The fourth-order valence-electron chi connectivity index (χ4n) is 5.32. The van der Waals surface area contributed by atoms with Gasteiger partial charge in [0.15, 0.2) is 0 Å². The molecule has 1 aromatic heterocycles. The molecule has 0 saturated carbocycles. The van der Waals surface area contributed by atoms with Gasteiger partial charge in [-0.05, 0) is 79.4 Å². The fraction of sp³-hybridized carbons (Fsp3) is 0.162. The van der Waals surface area contributed by atoms with Crippen LogP contribution in [0.4, 0.5) is 11.4 Å². The zero-order chi connectivity index (χ0) is 29.5. The Kier molecular flexibility index (Phi) is 11.3. The first kappa shape index (κ1) is 32.2. The van der Waals surface area contributed by atoms with E-state index in [0.717, 1.165) is 63.7 Å². The minimum Gasteiger partial charge on any atom is -0.456 e. The largest absolute Gasteiger partial charge is 0.456 e. The van der Waals surface area contributed by atoms with Crippen molar-refractivity contribution in [2.75, 3.05) is 24.5 Å². The Morgan fingerprint density at radius 2 is 1.74 bits per heavy atom. The van der Waals surface area contributed by atoms with E-state index < -0.39 is 0 Å². The molecule has 2 N–H and O–H groups in total. The molecule has 0 aliphatic heterocycles. The second-order valence-corrected chi connectivity index (χ2v) is 10.4. The van der Waals surface area contributed by atoms with Gasteiger partial charge in [0.05, 0.1) is 17.1 Å². The van der Waals surface area contributed by atoms with E-state index in [4.69, 9.17) is 4.42 Å². The molecule has 6 heteroatoms. The van der Waals surface area contributed by atoms with Crippen molar-refractivity contribution in [2.45, 2.75) is 26.2 Å². The summed E-state index contributed by atoms with van der Waals surface area (Å²) in [5.74, 6) is 0.985. The van der Waals surface area contributed by atoms with Crippen LogP contribution in [-0.2, 0) is 45.6 Å². The Hall–Kier alpha value is -3.77. The molecular formula is C37H37N3O2Y. The van der Waals surface area contributed by atoms with Gasteiger partial charge in [-0.1, -0.05) is 90.5 Å². The summed E-state index contributed by atoms with van der Waals surface area (Å²) < 4.78 is 6.08. The summed E-state index contributed by atoms with van der Waals surface area (Å²) in [6.45, 7) is 5.90. The van der Waals surface area contributed by atoms with E-state index in [1.807, 2.05) is 49.5 Å². The number of anilines is 2. The minimum atomic E-state index is 0. The van der Waals surface area contributed by atoms with Crippen molar-refractivity contribution in [1.82, 2.24) is 0 Å². The molecular weight excluding hydrogens is 607 g/mol. The van der Waals surface area contributed by atoms with Gasteiger partial charge < -0.3 is 9.73 Å². The predicted molar refractivity (Wildman–Crippen MR) is 178 cm³/mol. The third-order valence-corrected chi connectivity index (χ3v) is 7.52. The van der Waals surface area contributed by atoms with Crippen LogP contribution in [0.2, 0.25) is 0 Å². The molecule has 6 rings (SSSR count). The third kappa shape index (κ3) is 7.61. The SMILES string of the molecule is C=N/C(=C\Cc1cccc2oc3c(c12)CCC=C3)c1ccc(-c2ccc(NC)c(N(C)O)c2)cc1.Cc1ccccc1.[Y]. The van der Waals surface area contributed by atoms with Gasteiger partial charge in [0.2, 0.25) is 0 Å². The molecule has 1 aliphatic rings. The van der Waals surface area contributed by atoms with Gasteiger partial charge in [-0.15, -0.1) is 0 Å². The normalized spacial score (nSPS) is 12.0. The molecule has 4 aromatic carbocycles. The second-order valence-electron chi connectivity index (χ2n) is 10.4. The average molecular weight is 645 g/mol. The summed E-state index contributed by atoms with van der Waals surface area (Å²) >= 11 is 0. The van der Waals surface area contributed by atoms with E-state index >= 15 is 0 Å². The standard InChI is InChI=1S/C30H29N3O2.C7H8.Y/c1-31-25(17-15-22-7-6-10-29-30(22)24-8-4-5-9-28(24)35-29)21-13-11-20(12-14-21)23-16-18-26(32-2)27(19-23)33(3)34;1-7-5-3-2-4-6-7;/h5-7,9-14,16-19,32,34H,1,4,8,15H2,2-3H3;2-6H,1H3;/b25-17-;;. The number of allylic oxidation sites excluding steroid dienone is 2. The van der Waals surface area contributed by atoms with Crippen LogP contribution in [0, 0.1) is 6.92 Å². The van der Waals surface area contributed by atoms with Crippen LogP contribution in [-0.4, -0.2) is 26.0 Å². The van der Waals surface area contributed by atoms with Crippen LogP contribution < -0.4 is 10.4 Å². The Balaban J connectivity index is 0.000000466. The van der Waals surface area contributed by atoms with E-state index in [1.165, 1.54) is 22.1 Å². The third-order valence-electron chi connectivity index (χ3n) is 7.52. The number of aliphatic imine (C=N–C) groups is 1. The predicted octanol–water partition coefficient (Wildman–Crippen LogP) is 9.20. The van der Waals surface area contributed by atoms with Crippen LogP contribution in [0.1, 0.15) is 34.4 Å². The van der Waals surface area contributed by atoms with Crippen molar-refractivity contribution in [3.8, 4) is 11.1 Å². The van der Waals surface area contributed by atoms with Crippen LogP contribution >= 0.6 is 0 Å². The maximum absolute atomic E-state index is 9.98. The Morgan fingerprint density at radius 1 is 1.00 bits per heavy atom. The molecule has 43 heavy (non-hydrogen) atoms. The van der Waals surface area contributed by atoms with Crippen molar-refractivity contribution in [3.05, 3.63) is 131 Å². The Bertz CT molecular complexity index is 1740. The first-order valence-electron chi connectivity index (χ1n) is 14.2. The maximum Gasteiger partial charge on any atom is 0.135 e. The number of rotatable bonds is 7. The topological polar surface area (TPSA) is 61.0 Å². The molecule has 0 fully saturated rings. The molecule has 215 valence electrons. The number of hydrogen-bond acceptors (Lipinski definition) is 5. The summed E-state index contributed by atoms with van der Waals surface area (Å²) in [4.78, 5) is 4.32. The summed E-state index contributed by atoms with van der Waals surface area (Å²) in [5.41, 5.74) is 10.3. The summed E-state index contributed by atoms with van der Waals surface area (Å²) in [6, 6.07) is 30.8. The number of nitrogens with one attached hydrogen (secondary N) is 1. The molecule has 0 unspecified atom stereocenters. The van der Waals surface area contributed by atoms with Crippen molar-refractivity contribution in [3.63, 3.8) is 0 Å². The Labute approximate surface area is 279 Å². The van der Waals surface area contributed by atoms with Gasteiger partial charge in [-0.25, -0.2) is 0 Å². The van der Waals surface area contributed by atoms with Gasteiger partial charge in [-0.3, -0.25) is 15.3 Å². The van der Waals surface area contributed by atoms with Gasteiger partial charge in [-0.2, -0.15) is 0 Å². The monoisotopic (exact) mass is 644 g/mol. The van der Waals surface area contributed by atoms with Gasteiger partial charge in [0, 0.05) is 57.8 Å². The molecule has 1 heterocycles. The number of hydroxylamine groups is 1. The molecule has 1 aliphatic carbocycles. The smallest absolute Gasteiger partial charge is 0.135 e.